The fraction of sp³-hybridized carbons (Fsp3) is 0.217. The van der Waals surface area contributed by atoms with Crippen LogP contribution >= 0.6 is 0 Å². The summed E-state index contributed by atoms with van der Waals surface area (Å²) >= 11 is 0. The summed E-state index contributed by atoms with van der Waals surface area (Å²) in [7, 11) is 1.36. The number of carbonyl (C=O) groups is 2. The molecule has 8 nitrogen and oxygen atoms in total. The predicted molar refractivity (Wildman–Crippen MR) is 117 cm³/mol. The monoisotopic (exact) mass is 417 g/mol. The lowest BCUT2D eigenvalue weighted by Crippen LogP contribution is -2.36. The molecule has 3 heterocycles. The molecule has 0 unspecified atom stereocenters. The lowest BCUT2D eigenvalue weighted by atomic mass is 10.1. The van der Waals surface area contributed by atoms with E-state index in [0.29, 0.717) is 18.6 Å². The first kappa shape index (κ1) is 20.3. The van der Waals surface area contributed by atoms with Gasteiger partial charge in [0.15, 0.2) is 5.65 Å². The molecule has 0 radical (unpaired) electrons. The van der Waals surface area contributed by atoms with Crippen molar-refractivity contribution in [2.75, 3.05) is 13.7 Å². The van der Waals surface area contributed by atoms with Crippen molar-refractivity contribution in [2.24, 2.45) is 0 Å². The molecular weight excluding hydrogens is 394 g/mol. The van der Waals surface area contributed by atoms with Crippen LogP contribution in [0.3, 0.4) is 0 Å². The standard InChI is InChI=1S/C23H23N5O3/c1-31-21(29)14-16-10-13-28(15-17-6-2-3-7-18(16)17)23(30)25-12-5-9-20-26-19-8-4-11-24-22(19)27-20/h2-4,6-8,10-11,13,15H,5,9,12,14H2,1H3,(H,25,30)(H,24,26,27). The van der Waals surface area contributed by atoms with E-state index in [1.165, 1.54) is 12.0 Å². The molecule has 1 aromatic carbocycles. The van der Waals surface area contributed by atoms with Gasteiger partial charge in [0.05, 0.1) is 19.0 Å². The zero-order valence-electron chi connectivity index (χ0n) is 17.2. The third-order valence-corrected chi connectivity index (χ3v) is 4.99. The molecule has 0 fully saturated rings. The molecule has 8 heteroatoms. The number of aromatic amines is 1. The largest absolute Gasteiger partial charge is 0.469 e. The lowest BCUT2D eigenvalue weighted by molar-refractivity contribution is -0.139. The molecular formula is C23H23N5O3. The molecule has 0 spiro atoms. The Balaban J connectivity index is 1.39. The summed E-state index contributed by atoms with van der Waals surface area (Å²) in [6.45, 7) is 0.502. The molecule has 0 saturated carbocycles. The number of carbonyl (C=O) groups excluding carboxylic acids is 2. The molecule has 4 rings (SSSR count). The van der Waals surface area contributed by atoms with Gasteiger partial charge in [0.25, 0.3) is 0 Å². The number of fused-ring (bicyclic) bond motifs is 2. The fourth-order valence-corrected chi connectivity index (χ4v) is 3.42. The van der Waals surface area contributed by atoms with Gasteiger partial charge in [0.1, 0.15) is 5.82 Å². The molecule has 2 N–H and O–H groups in total. The molecule has 0 aliphatic carbocycles. The summed E-state index contributed by atoms with van der Waals surface area (Å²) in [4.78, 5) is 37.9. The van der Waals surface area contributed by atoms with E-state index >= 15 is 0 Å². The Kier molecular flexibility index (Phi) is 6.07. The maximum Gasteiger partial charge on any atom is 0.325 e. The minimum Gasteiger partial charge on any atom is -0.469 e. The van der Waals surface area contributed by atoms with Crippen LogP contribution in [0.4, 0.5) is 4.79 Å². The van der Waals surface area contributed by atoms with Crippen LogP contribution in [-0.4, -0.2) is 45.5 Å². The van der Waals surface area contributed by atoms with E-state index in [1.807, 2.05) is 36.4 Å². The molecule has 2 aromatic heterocycles. The van der Waals surface area contributed by atoms with Gasteiger partial charge in [-0.3, -0.25) is 9.69 Å². The topological polar surface area (TPSA) is 100 Å². The van der Waals surface area contributed by atoms with Gasteiger partial charge in [-0.05, 0) is 40.6 Å². The molecule has 2 amide bonds. The third-order valence-electron chi connectivity index (χ3n) is 4.99. The van der Waals surface area contributed by atoms with Gasteiger partial charge in [0, 0.05) is 31.6 Å². The van der Waals surface area contributed by atoms with Crippen molar-refractivity contribution >= 4 is 34.9 Å². The van der Waals surface area contributed by atoms with Crippen molar-refractivity contribution in [3.05, 3.63) is 71.1 Å². The van der Waals surface area contributed by atoms with Crippen LogP contribution in [0.5, 0.6) is 0 Å². The molecule has 1 aliphatic rings. The molecule has 31 heavy (non-hydrogen) atoms. The zero-order valence-corrected chi connectivity index (χ0v) is 17.2. The fourth-order valence-electron chi connectivity index (χ4n) is 3.42. The highest BCUT2D eigenvalue weighted by Crippen LogP contribution is 2.09. The number of nitrogens with zero attached hydrogens (tertiary/aromatic N) is 3. The first-order chi connectivity index (χ1) is 15.1. The van der Waals surface area contributed by atoms with Gasteiger partial charge in [0.2, 0.25) is 0 Å². The number of rotatable bonds is 6. The summed E-state index contributed by atoms with van der Waals surface area (Å²) in [6, 6.07) is 11.2. The highest BCUT2D eigenvalue weighted by atomic mass is 16.5. The second-order valence-corrected chi connectivity index (χ2v) is 7.11. The number of ether oxygens (including phenoxy) is 1. The number of hydrogen-bond donors (Lipinski definition) is 2. The van der Waals surface area contributed by atoms with Gasteiger partial charge in [-0.1, -0.05) is 24.3 Å². The number of H-pyrrole nitrogens is 1. The minimum absolute atomic E-state index is 0.139. The summed E-state index contributed by atoms with van der Waals surface area (Å²) in [5.41, 5.74) is 2.40. The van der Waals surface area contributed by atoms with Gasteiger partial charge >= 0.3 is 12.0 Å². The molecule has 158 valence electrons. The van der Waals surface area contributed by atoms with Crippen LogP contribution in [0.1, 0.15) is 18.7 Å². The quantitative estimate of drug-likeness (QED) is 0.469. The average Bonchev–Trinajstić information content (AvgIpc) is 3.12. The van der Waals surface area contributed by atoms with E-state index in [0.717, 1.165) is 33.8 Å². The van der Waals surface area contributed by atoms with Gasteiger partial charge in [-0.2, -0.15) is 0 Å². The number of aromatic nitrogens is 3. The number of methoxy groups -OCH3 is 1. The summed E-state index contributed by atoms with van der Waals surface area (Å²) in [6.07, 6.45) is 8.49. The highest BCUT2D eigenvalue weighted by molar-refractivity contribution is 5.84. The Morgan fingerprint density at radius 1 is 1.19 bits per heavy atom. The van der Waals surface area contributed by atoms with Crippen LogP contribution in [0.25, 0.3) is 22.9 Å². The average molecular weight is 417 g/mol. The van der Waals surface area contributed by atoms with Crippen molar-refractivity contribution in [1.82, 2.24) is 25.2 Å². The number of pyridine rings is 1. The Bertz CT molecular complexity index is 1230. The highest BCUT2D eigenvalue weighted by Gasteiger charge is 2.13. The maximum atomic E-state index is 12.7. The van der Waals surface area contributed by atoms with Crippen molar-refractivity contribution < 1.29 is 14.3 Å². The normalized spacial score (nSPS) is 12.8. The number of benzene rings is 1. The van der Waals surface area contributed by atoms with Gasteiger partial charge < -0.3 is 15.0 Å². The first-order valence-corrected chi connectivity index (χ1v) is 10.0. The van der Waals surface area contributed by atoms with Crippen molar-refractivity contribution in [2.45, 2.75) is 19.3 Å². The number of hydrogen-bond acceptors (Lipinski definition) is 5. The van der Waals surface area contributed by atoms with Crippen molar-refractivity contribution in [3.63, 3.8) is 0 Å². The number of imidazole rings is 1. The van der Waals surface area contributed by atoms with Crippen LogP contribution in [0.2, 0.25) is 0 Å². The SMILES string of the molecule is COC(=O)CC1=c2ccccc2=CN(C(=O)NCCCc2nc3ncccc3[nH]2)C=C1. The van der Waals surface area contributed by atoms with Crippen LogP contribution in [0, 0.1) is 0 Å². The second-order valence-electron chi connectivity index (χ2n) is 7.11. The number of amides is 2. The van der Waals surface area contributed by atoms with Crippen molar-refractivity contribution in [3.8, 4) is 0 Å². The predicted octanol–water partition coefficient (Wildman–Crippen LogP) is 1.58. The van der Waals surface area contributed by atoms with Gasteiger partial charge in [-0.15, -0.1) is 0 Å². The molecule has 1 aliphatic heterocycles. The molecule has 0 saturated heterocycles. The number of aryl methyl sites for hydroxylation is 1. The second kappa shape index (κ2) is 9.25. The zero-order chi connectivity index (χ0) is 21.6. The van der Waals surface area contributed by atoms with E-state index in [2.05, 4.69) is 20.3 Å². The molecule has 0 atom stereocenters. The van der Waals surface area contributed by atoms with Crippen LogP contribution < -0.4 is 15.8 Å². The number of allylic oxidation sites excluding steroid dienone is 1. The molecule has 3 aromatic rings. The summed E-state index contributed by atoms with van der Waals surface area (Å²) in [5.74, 6) is 0.522. The third kappa shape index (κ3) is 4.80. The Morgan fingerprint density at radius 2 is 2.06 bits per heavy atom. The first-order valence-electron chi connectivity index (χ1n) is 10.0. The number of nitrogens with one attached hydrogen (secondary N) is 2. The number of esters is 1. The Labute approximate surface area is 179 Å². The Hall–Kier alpha value is -3.94. The van der Waals surface area contributed by atoms with Gasteiger partial charge in [-0.25, -0.2) is 14.8 Å². The van der Waals surface area contributed by atoms with Crippen molar-refractivity contribution in [1.29, 1.82) is 0 Å². The van der Waals surface area contributed by atoms with Crippen LogP contribution in [-0.2, 0) is 16.0 Å². The lowest BCUT2D eigenvalue weighted by Gasteiger charge is -2.14. The summed E-state index contributed by atoms with van der Waals surface area (Å²) < 4.78 is 4.80. The minimum atomic E-state index is -0.326. The summed E-state index contributed by atoms with van der Waals surface area (Å²) in [5, 5.41) is 4.69. The van der Waals surface area contributed by atoms with E-state index in [4.69, 9.17) is 4.74 Å². The Morgan fingerprint density at radius 3 is 2.90 bits per heavy atom. The van der Waals surface area contributed by atoms with E-state index in [9.17, 15) is 9.59 Å². The number of urea groups is 1. The molecule has 0 bridgehead atoms. The van der Waals surface area contributed by atoms with Crippen LogP contribution in [0.15, 0.2) is 54.9 Å². The van der Waals surface area contributed by atoms with E-state index in [-0.39, 0.29) is 18.4 Å². The van der Waals surface area contributed by atoms with E-state index in [1.54, 1.807) is 24.7 Å². The smallest absolute Gasteiger partial charge is 0.325 e. The van der Waals surface area contributed by atoms with E-state index < -0.39 is 0 Å². The maximum absolute atomic E-state index is 12.7.